The number of amides is 1. The van der Waals surface area contributed by atoms with E-state index in [2.05, 4.69) is 43.5 Å². The van der Waals surface area contributed by atoms with Gasteiger partial charge >= 0.3 is 36.9 Å². The number of carbonyl (C=O) groups excluding carboxylic acids is 1. The molecule has 15 N–H and O–H groups in total. The number of imidazole rings is 3. The van der Waals surface area contributed by atoms with Gasteiger partial charge in [0.1, 0.15) is 48.4 Å². The molecule has 456 valence electrons. The summed E-state index contributed by atoms with van der Waals surface area (Å²) in [6, 6.07) is 0. The van der Waals surface area contributed by atoms with Crippen LogP contribution >= 0.6 is 31.3 Å². The Morgan fingerprint density at radius 1 is 0.795 bits per heavy atom. The van der Waals surface area contributed by atoms with Crippen LogP contribution in [0.4, 0.5) is 17.7 Å². The molecular formula is C40H58N15O24P4+. The Balaban J connectivity index is 0.891. The number of nitrogen functional groups attached to an aromatic ring is 2. The van der Waals surface area contributed by atoms with E-state index in [1.165, 1.54) is 51.6 Å². The van der Waals surface area contributed by atoms with Gasteiger partial charge < -0.3 is 75.9 Å². The average Bonchev–Trinajstić information content (AvgIpc) is 2.40. The standard InChI is InChI=1S/C40H57N15O24P4/c1-5-51(2)22(56)10-17-19(74-36(26(17)57)55-16-52(3)25-33(55)48-40(43)50-35(25)61)11-72-81(64,65)78-83(68,69)79-82(66,67)73-13-21-29(30(70-4)38(76-21)53-14-45-23-18(41)8-6-7-9-44-31(23)53)77-80(62,63)71-12-20-27(58)28(59)37(75-20)54-15-46-24-32(54)47-39(42)49-34(24)60/h8-9,14-17,19-21,26-30,36-38,57-59H,5-7,10-13,41H2,1-4H3,(H9-,42,43,47,48,49,50,60,61,62,63,64,65,66,67,68,69)/p+1/t17?,19-,20-,21-,26-,27-,28-,29-,30-,36?,37-,38-/m1/s1. The van der Waals surface area contributed by atoms with Crippen LogP contribution in [0, 0.1) is 5.92 Å². The SMILES string of the molecule is CCN(C)C(=O)CC1[C@@H](O)C([n+]2cn(C)c3c(=O)[nH]c(N)nc32)O[C@@H]1COP(=O)(O)OP(=O)(O)OP(=O)(O)OC[C@H]1O[C@@H](n2cnc3c2N=CCCC=C3N)[C@H](OC)[C@@H]1OP(=O)(O)OC[C@H]1O[C@@H](n2cnc3c(=O)[nH]c(N)nc32)[C@H](O)[C@@H]1O. The normalized spacial score (nSPS) is 29.4. The Morgan fingerprint density at radius 3 is 2.11 bits per heavy atom. The first kappa shape index (κ1) is 62.0. The third-order valence-corrected chi connectivity index (χ3v) is 18.8. The first-order valence-corrected chi connectivity index (χ1v) is 30.7. The summed E-state index contributed by atoms with van der Waals surface area (Å²) in [5, 5.41) is 33.4. The van der Waals surface area contributed by atoms with E-state index in [9.17, 15) is 67.5 Å². The number of fused-ring (bicyclic) bond motifs is 3. The van der Waals surface area contributed by atoms with Crippen molar-refractivity contribution >= 4 is 89.2 Å². The van der Waals surface area contributed by atoms with Crippen LogP contribution in [-0.4, -0.2) is 185 Å². The number of aliphatic hydroxyl groups is 3. The number of aliphatic imine (C=N–C) groups is 1. The van der Waals surface area contributed by atoms with Crippen molar-refractivity contribution in [1.29, 1.82) is 0 Å². The van der Waals surface area contributed by atoms with Gasteiger partial charge in [0.2, 0.25) is 23.6 Å². The fourth-order valence-electron chi connectivity index (χ4n) is 9.54. The van der Waals surface area contributed by atoms with Crippen molar-refractivity contribution < 1.29 is 108 Å². The third kappa shape index (κ3) is 13.2. The summed E-state index contributed by atoms with van der Waals surface area (Å²) in [5.74, 6) is -2.28. The molecule has 9 rings (SSSR count). The largest absolute Gasteiger partial charge is 0.490 e. The van der Waals surface area contributed by atoms with Gasteiger partial charge in [0.05, 0.1) is 51.3 Å². The second-order valence-corrected chi connectivity index (χ2v) is 25.1. The molecule has 0 aliphatic carbocycles. The number of phosphoric acid groups is 4. The maximum Gasteiger partial charge on any atom is 0.490 e. The number of allylic oxidation sites excluding steroid dienone is 1. The minimum absolute atomic E-state index is 0.00419. The first-order chi connectivity index (χ1) is 39.0. The molecule has 1 amide bonds. The molecule has 0 aromatic carbocycles. The van der Waals surface area contributed by atoms with E-state index in [0.717, 1.165) is 18.0 Å². The van der Waals surface area contributed by atoms with Gasteiger partial charge in [0.25, 0.3) is 17.1 Å². The van der Waals surface area contributed by atoms with Crippen LogP contribution < -0.4 is 32.9 Å². The van der Waals surface area contributed by atoms with Gasteiger partial charge in [-0.3, -0.25) is 56.1 Å². The Hall–Kier alpha value is -5.57. The van der Waals surface area contributed by atoms with E-state index in [1.54, 1.807) is 13.0 Å². The van der Waals surface area contributed by atoms with E-state index in [0.29, 0.717) is 12.8 Å². The molecule has 83 heavy (non-hydrogen) atoms. The van der Waals surface area contributed by atoms with Gasteiger partial charge in [-0.2, -0.15) is 13.6 Å². The zero-order valence-electron chi connectivity index (χ0n) is 43.8. The number of ether oxygens (including phenoxy) is 4. The molecule has 3 fully saturated rings. The van der Waals surface area contributed by atoms with Crippen molar-refractivity contribution in [3.8, 4) is 0 Å². The van der Waals surface area contributed by atoms with Crippen LogP contribution in [0.1, 0.15) is 50.6 Å². The number of rotatable bonds is 22. The van der Waals surface area contributed by atoms with Crippen molar-refractivity contribution in [3.63, 3.8) is 0 Å². The average molecular weight is 1260 g/mol. The minimum Gasteiger partial charge on any atom is -0.397 e. The molecule has 5 aromatic heterocycles. The number of anilines is 2. The topological polar surface area (TPSA) is 549 Å². The second-order valence-electron chi connectivity index (χ2n) is 19.0. The summed E-state index contributed by atoms with van der Waals surface area (Å²) >= 11 is 0. The summed E-state index contributed by atoms with van der Waals surface area (Å²) in [4.78, 5) is 108. The highest BCUT2D eigenvalue weighted by atomic mass is 31.3. The third-order valence-electron chi connectivity index (χ3n) is 13.6. The predicted octanol–water partition coefficient (Wildman–Crippen LogP) is -2.32. The number of aryl methyl sites for hydroxylation is 1. The van der Waals surface area contributed by atoms with Gasteiger partial charge in [0.15, 0.2) is 35.8 Å². The highest BCUT2D eigenvalue weighted by Gasteiger charge is 2.54. The molecule has 9 heterocycles. The lowest BCUT2D eigenvalue weighted by Crippen LogP contribution is -2.45. The zero-order chi connectivity index (χ0) is 60.2. The molecule has 5 aromatic rings. The van der Waals surface area contributed by atoms with Crippen molar-refractivity contribution in [2.24, 2.45) is 23.7 Å². The Kier molecular flexibility index (Phi) is 18.0. The van der Waals surface area contributed by atoms with E-state index in [4.69, 9.17) is 54.2 Å². The number of phosphoric ester groups is 3. The molecule has 0 spiro atoms. The summed E-state index contributed by atoms with van der Waals surface area (Å²) in [5.41, 5.74) is 16.3. The van der Waals surface area contributed by atoms with Gasteiger partial charge in [0, 0.05) is 39.3 Å². The molecule has 39 nitrogen and oxygen atoms in total. The molecule has 16 atom stereocenters. The van der Waals surface area contributed by atoms with Gasteiger partial charge in [-0.15, -0.1) is 0 Å². The van der Waals surface area contributed by atoms with Crippen molar-refractivity contribution in [2.45, 2.75) is 93.7 Å². The highest BCUT2D eigenvalue weighted by Crippen LogP contribution is 2.68. The van der Waals surface area contributed by atoms with Crippen LogP contribution in [0.3, 0.4) is 0 Å². The number of carbonyl (C=O) groups is 1. The van der Waals surface area contributed by atoms with Crippen molar-refractivity contribution in [2.75, 3.05) is 52.0 Å². The fraction of sp³-hybridized carbons (Fsp3) is 0.575. The van der Waals surface area contributed by atoms with Crippen LogP contribution in [-0.2, 0) is 75.8 Å². The molecule has 0 saturated carbocycles. The second kappa shape index (κ2) is 24.1. The van der Waals surface area contributed by atoms with Gasteiger partial charge in [-0.1, -0.05) is 11.1 Å². The van der Waals surface area contributed by atoms with Crippen molar-refractivity contribution in [1.82, 2.24) is 48.5 Å². The molecular weight excluding hydrogens is 1200 g/mol. The maximum atomic E-state index is 13.8. The number of hydrogen-bond acceptors (Lipinski definition) is 28. The van der Waals surface area contributed by atoms with Crippen molar-refractivity contribution in [3.05, 3.63) is 51.5 Å². The predicted molar refractivity (Wildman–Crippen MR) is 276 cm³/mol. The number of hydrogen-bond donors (Lipinski definition) is 12. The molecule has 4 aliphatic rings. The molecule has 4 aliphatic heterocycles. The summed E-state index contributed by atoms with van der Waals surface area (Å²) in [6.07, 6.45) is -10.7. The van der Waals surface area contributed by atoms with E-state index in [-0.39, 0.29) is 58.0 Å². The number of aliphatic hydroxyl groups excluding tert-OH is 3. The van der Waals surface area contributed by atoms with E-state index in [1.807, 2.05) is 0 Å². The number of H-pyrrole nitrogens is 2. The Bertz CT molecular complexity index is 3650. The number of nitrogens with two attached hydrogens (primary N) is 3. The number of nitrogens with one attached hydrogen (secondary N) is 2. The van der Waals surface area contributed by atoms with E-state index >= 15 is 0 Å². The lowest BCUT2D eigenvalue weighted by atomic mass is 9.94. The first-order valence-electron chi connectivity index (χ1n) is 24.7. The quantitative estimate of drug-likeness (QED) is 0.0256. The Morgan fingerprint density at radius 2 is 1.42 bits per heavy atom. The molecule has 43 heteroatoms. The monoisotopic (exact) mass is 1260 g/mol. The number of aromatic nitrogens is 10. The zero-order valence-corrected chi connectivity index (χ0v) is 47.4. The van der Waals surface area contributed by atoms with Crippen LogP contribution in [0.2, 0.25) is 0 Å². The van der Waals surface area contributed by atoms with Crippen LogP contribution in [0.15, 0.2) is 39.6 Å². The van der Waals surface area contributed by atoms with Crippen LogP contribution in [0.5, 0.6) is 0 Å². The molecule has 0 bridgehead atoms. The number of aromatic amines is 2. The smallest absolute Gasteiger partial charge is 0.397 e. The number of nitrogens with zero attached hydrogens (tertiary/aromatic N) is 10. The van der Waals surface area contributed by atoms with E-state index < -0.39 is 148 Å². The number of methoxy groups -OCH3 is 1. The summed E-state index contributed by atoms with van der Waals surface area (Å²) < 4.78 is 112. The molecule has 6 unspecified atom stereocenters. The fourth-order valence-corrected chi connectivity index (χ4v) is 14.0. The van der Waals surface area contributed by atoms with Crippen LogP contribution in [0.25, 0.3) is 28.0 Å². The lowest BCUT2D eigenvalue weighted by molar-refractivity contribution is -0.745. The van der Waals surface area contributed by atoms with Gasteiger partial charge in [-0.05, 0) is 19.8 Å². The minimum atomic E-state index is -6.24. The van der Waals surface area contributed by atoms with Gasteiger partial charge in [-0.25, -0.2) is 37.8 Å². The molecule has 3 saturated heterocycles. The summed E-state index contributed by atoms with van der Waals surface area (Å²) in [7, 11) is -19.5. The lowest BCUT2D eigenvalue weighted by Gasteiger charge is -2.26. The molecule has 0 radical (unpaired) electrons. The maximum absolute atomic E-state index is 13.8. The summed E-state index contributed by atoms with van der Waals surface area (Å²) in [6.45, 7) is -1.39. The highest BCUT2D eigenvalue weighted by molar-refractivity contribution is 7.66. The Labute approximate surface area is 465 Å².